The van der Waals surface area contributed by atoms with E-state index in [0.717, 1.165) is 35.4 Å². The van der Waals surface area contributed by atoms with Crippen molar-refractivity contribution in [1.29, 1.82) is 0 Å². The second-order valence-corrected chi connectivity index (χ2v) is 7.71. The third-order valence-electron chi connectivity index (χ3n) is 5.36. The summed E-state index contributed by atoms with van der Waals surface area (Å²) >= 11 is 0. The van der Waals surface area contributed by atoms with Crippen molar-refractivity contribution in [3.8, 4) is 28.6 Å². The Morgan fingerprint density at radius 1 is 1.17 bits per heavy atom. The minimum Gasteiger partial charge on any atom is -0.491 e. The zero-order valence-electron chi connectivity index (χ0n) is 17.1. The number of carbonyl (C=O) groups is 1. The van der Waals surface area contributed by atoms with Crippen LogP contribution in [0.15, 0.2) is 53.1 Å². The van der Waals surface area contributed by atoms with Crippen LogP contribution in [0.25, 0.3) is 22.8 Å². The maximum absolute atomic E-state index is 10.9. The predicted octanol–water partition coefficient (Wildman–Crippen LogP) is 4.10. The number of aromatic nitrogens is 2. The zero-order chi connectivity index (χ0) is 21.1. The lowest BCUT2D eigenvalue weighted by atomic mass is 9.99. The summed E-state index contributed by atoms with van der Waals surface area (Å²) in [4.78, 5) is 17.5. The van der Waals surface area contributed by atoms with Gasteiger partial charge in [0.05, 0.1) is 12.0 Å². The van der Waals surface area contributed by atoms with Crippen LogP contribution < -0.4 is 4.74 Å². The minimum atomic E-state index is -0.716. The highest BCUT2D eigenvalue weighted by atomic mass is 16.5. The molecule has 0 bridgehead atoms. The molecule has 0 radical (unpaired) electrons. The zero-order valence-corrected chi connectivity index (χ0v) is 17.1. The van der Waals surface area contributed by atoms with Gasteiger partial charge in [0.25, 0.3) is 5.89 Å². The number of nitrogens with zero attached hydrogens (tertiary/aromatic N) is 3. The first-order chi connectivity index (χ1) is 14.5. The Kier molecular flexibility index (Phi) is 5.81. The van der Waals surface area contributed by atoms with Crippen LogP contribution in [0.4, 0.5) is 0 Å². The average molecular weight is 407 g/mol. The summed E-state index contributed by atoms with van der Waals surface area (Å²) in [7, 11) is 0. The van der Waals surface area contributed by atoms with Crippen molar-refractivity contribution < 1.29 is 19.2 Å². The molecule has 156 valence electrons. The van der Waals surface area contributed by atoms with Crippen LogP contribution in [-0.2, 0) is 11.3 Å². The summed E-state index contributed by atoms with van der Waals surface area (Å²) in [6.45, 7) is 6.08. The molecule has 7 heteroatoms. The van der Waals surface area contributed by atoms with Gasteiger partial charge in [-0.05, 0) is 43.2 Å². The molecule has 0 saturated carbocycles. The molecular formula is C23H25N3O4. The van der Waals surface area contributed by atoms with E-state index in [2.05, 4.69) is 22.0 Å². The molecule has 1 saturated heterocycles. The Labute approximate surface area is 175 Å². The summed E-state index contributed by atoms with van der Waals surface area (Å²) in [5.74, 6) is 0.862. The molecular weight excluding hydrogens is 382 g/mol. The summed E-state index contributed by atoms with van der Waals surface area (Å²) in [5.41, 5.74) is 2.84. The van der Waals surface area contributed by atoms with Gasteiger partial charge in [0.2, 0.25) is 5.82 Å². The average Bonchev–Trinajstić information content (AvgIpc) is 3.21. The van der Waals surface area contributed by atoms with Crippen molar-refractivity contribution in [2.24, 2.45) is 5.92 Å². The number of likely N-dealkylation sites (tertiary alicyclic amines) is 1. The van der Waals surface area contributed by atoms with E-state index in [-0.39, 0.29) is 12.0 Å². The van der Waals surface area contributed by atoms with E-state index in [9.17, 15) is 4.79 Å². The van der Waals surface area contributed by atoms with Crippen molar-refractivity contribution in [2.75, 3.05) is 13.1 Å². The molecule has 1 atom stereocenters. The fraction of sp³-hybridized carbons (Fsp3) is 0.348. The molecule has 1 aromatic heterocycles. The molecule has 0 spiro atoms. The summed E-state index contributed by atoms with van der Waals surface area (Å²) < 4.78 is 11.2. The number of aliphatic carboxylic acids is 1. The second kappa shape index (κ2) is 8.67. The lowest BCUT2D eigenvalue weighted by Crippen LogP contribution is -2.49. The van der Waals surface area contributed by atoms with E-state index in [1.807, 2.05) is 55.5 Å². The van der Waals surface area contributed by atoms with Crippen molar-refractivity contribution in [3.05, 3.63) is 54.1 Å². The quantitative estimate of drug-likeness (QED) is 0.601. The number of hydrogen-bond donors (Lipinski definition) is 1. The van der Waals surface area contributed by atoms with Crippen LogP contribution in [0.5, 0.6) is 5.75 Å². The van der Waals surface area contributed by atoms with Gasteiger partial charge in [-0.25, -0.2) is 0 Å². The highest BCUT2D eigenvalue weighted by molar-refractivity contribution is 5.71. The van der Waals surface area contributed by atoms with E-state index >= 15 is 0 Å². The molecule has 30 heavy (non-hydrogen) atoms. The molecule has 1 fully saturated rings. The van der Waals surface area contributed by atoms with E-state index in [1.54, 1.807) is 0 Å². The Morgan fingerprint density at radius 2 is 1.83 bits per heavy atom. The molecule has 0 aliphatic carbocycles. The standard InChI is InChI=1S/C23H25N3O4/c1-3-15(2)29-20-10-8-18(9-11-20)22-24-21(25-30-22)17-6-4-16(5-7-17)12-26-13-19(14-26)23(27)28/h4-11,15,19H,3,12-14H2,1-2H3,(H,27,28)/t15-/m0/s1. The van der Waals surface area contributed by atoms with Crippen molar-refractivity contribution in [2.45, 2.75) is 32.9 Å². The van der Waals surface area contributed by atoms with Crippen molar-refractivity contribution in [3.63, 3.8) is 0 Å². The molecule has 1 N–H and O–H groups in total. The Bertz CT molecular complexity index is 992. The topological polar surface area (TPSA) is 88.7 Å². The van der Waals surface area contributed by atoms with Crippen LogP contribution >= 0.6 is 0 Å². The Hall–Kier alpha value is -3.19. The fourth-order valence-corrected chi connectivity index (χ4v) is 3.32. The third-order valence-corrected chi connectivity index (χ3v) is 5.36. The molecule has 0 amide bonds. The van der Waals surface area contributed by atoms with E-state index in [4.69, 9.17) is 14.4 Å². The smallest absolute Gasteiger partial charge is 0.309 e. The molecule has 0 unspecified atom stereocenters. The van der Waals surface area contributed by atoms with Gasteiger partial charge < -0.3 is 14.4 Å². The van der Waals surface area contributed by atoms with Gasteiger partial charge in [0.1, 0.15) is 5.75 Å². The number of ether oxygens (including phenoxy) is 1. The van der Waals surface area contributed by atoms with Crippen LogP contribution in [0, 0.1) is 5.92 Å². The van der Waals surface area contributed by atoms with E-state index < -0.39 is 5.97 Å². The van der Waals surface area contributed by atoms with Gasteiger partial charge in [0, 0.05) is 30.8 Å². The molecule has 7 nitrogen and oxygen atoms in total. The lowest BCUT2D eigenvalue weighted by Gasteiger charge is -2.36. The summed E-state index contributed by atoms with van der Waals surface area (Å²) in [6.07, 6.45) is 1.13. The first-order valence-electron chi connectivity index (χ1n) is 10.2. The van der Waals surface area contributed by atoms with Gasteiger partial charge in [-0.15, -0.1) is 0 Å². The lowest BCUT2D eigenvalue weighted by molar-refractivity contribution is -0.147. The van der Waals surface area contributed by atoms with Gasteiger partial charge in [-0.1, -0.05) is 36.3 Å². The van der Waals surface area contributed by atoms with Crippen molar-refractivity contribution in [1.82, 2.24) is 15.0 Å². The van der Waals surface area contributed by atoms with Crippen LogP contribution in [0.2, 0.25) is 0 Å². The van der Waals surface area contributed by atoms with Gasteiger partial charge >= 0.3 is 5.97 Å². The summed E-state index contributed by atoms with van der Waals surface area (Å²) in [5, 5.41) is 13.1. The molecule has 2 aromatic carbocycles. The number of carboxylic acid groups (broad SMARTS) is 1. The first-order valence-corrected chi connectivity index (χ1v) is 10.2. The molecule has 2 heterocycles. The third kappa shape index (κ3) is 4.52. The minimum absolute atomic E-state index is 0.175. The van der Waals surface area contributed by atoms with Gasteiger partial charge in [0.15, 0.2) is 0 Å². The number of carboxylic acids is 1. The van der Waals surface area contributed by atoms with Gasteiger partial charge in [-0.2, -0.15) is 4.98 Å². The van der Waals surface area contributed by atoms with Crippen molar-refractivity contribution >= 4 is 5.97 Å². The maximum atomic E-state index is 10.9. The monoisotopic (exact) mass is 407 g/mol. The summed E-state index contributed by atoms with van der Waals surface area (Å²) in [6, 6.07) is 15.6. The molecule has 1 aliphatic rings. The predicted molar refractivity (Wildman–Crippen MR) is 112 cm³/mol. The van der Waals surface area contributed by atoms with E-state index in [0.29, 0.717) is 24.8 Å². The number of rotatable bonds is 8. The number of benzene rings is 2. The fourth-order valence-electron chi connectivity index (χ4n) is 3.32. The SMILES string of the molecule is CC[C@H](C)Oc1ccc(-c2nc(-c3ccc(CN4CC(C(=O)O)C4)cc3)no2)cc1. The molecule has 3 aromatic rings. The number of hydrogen-bond acceptors (Lipinski definition) is 6. The second-order valence-electron chi connectivity index (χ2n) is 7.71. The normalized spacial score (nSPS) is 15.5. The van der Waals surface area contributed by atoms with Crippen LogP contribution in [-0.4, -0.2) is 45.3 Å². The van der Waals surface area contributed by atoms with Crippen LogP contribution in [0.3, 0.4) is 0 Å². The Morgan fingerprint density at radius 3 is 2.47 bits per heavy atom. The molecule has 1 aliphatic heterocycles. The van der Waals surface area contributed by atoms with Crippen LogP contribution in [0.1, 0.15) is 25.8 Å². The largest absolute Gasteiger partial charge is 0.491 e. The Balaban J connectivity index is 1.38. The van der Waals surface area contributed by atoms with Gasteiger partial charge in [-0.3, -0.25) is 9.69 Å². The highest BCUT2D eigenvalue weighted by Crippen LogP contribution is 2.25. The maximum Gasteiger partial charge on any atom is 0.309 e. The highest BCUT2D eigenvalue weighted by Gasteiger charge is 2.32. The molecule has 4 rings (SSSR count). The van der Waals surface area contributed by atoms with E-state index in [1.165, 1.54) is 0 Å². The first kappa shape index (κ1) is 20.1.